The maximum atomic E-state index is 12.0. The Balaban J connectivity index is 0.00000338. The largest absolute Gasteiger partial charge is 0.350 e. The summed E-state index contributed by atoms with van der Waals surface area (Å²) in [5.74, 6) is -0.0769. The van der Waals surface area contributed by atoms with Crippen molar-refractivity contribution in [2.75, 3.05) is 10.6 Å². The molecule has 0 fully saturated rings. The van der Waals surface area contributed by atoms with Crippen LogP contribution in [0.2, 0.25) is 0 Å². The average Bonchev–Trinajstić information content (AvgIpc) is 2.55. The number of carbonyl (C=O) groups excluding carboxylic acids is 2. The molecule has 26 heavy (non-hydrogen) atoms. The minimum Gasteiger partial charge on any atom is -0.350 e. The summed E-state index contributed by atoms with van der Waals surface area (Å²) in [7, 11) is 0. The van der Waals surface area contributed by atoms with Gasteiger partial charge in [0.1, 0.15) is 0 Å². The molecule has 0 saturated heterocycles. The van der Waals surface area contributed by atoms with Gasteiger partial charge < -0.3 is 21.7 Å². The van der Waals surface area contributed by atoms with Crippen LogP contribution >= 0.6 is 12.4 Å². The Bertz CT molecular complexity index is 705. The van der Waals surface area contributed by atoms with Gasteiger partial charge in [-0.05, 0) is 43.7 Å². The first kappa shape index (κ1) is 21.5. The van der Waals surface area contributed by atoms with E-state index in [0.29, 0.717) is 12.1 Å². The number of amides is 3. The molecule has 0 heterocycles. The molecule has 0 aliphatic carbocycles. The van der Waals surface area contributed by atoms with Crippen LogP contribution in [-0.4, -0.2) is 18.0 Å². The van der Waals surface area contributed by atoms with Crippen molar-refractivity contribution in [1.82, 2.24) is 5.32 Å². The first-order valence-electron chi connectivity index (χ1n) is 8.22. The normalized spacial score (nSPS) is 12.3. The third kappa shape index (κ3) is 7.13. The van der Waals surface area contributed by atoms with Crippen LogP contribution in [-0.2, 0) is 4.79 Å². The SMILES string of the molecule is CC(N)CC(=O)NC(C)c1ccc(NC(=O)Nc2ccccc2)cc1.Cl. The van der Waals surface area contributed by atoms with Gasteiger partial charge in [0.25, 0.3) is 0 Å². The smallest absolute Gasteiger partial charge is 0.323 e. The molecule has 5 N–H and O–H groups in total. The lowest BCUT2D eigenvalue weighted by Crippen LogP contribution is -2.31. The third-order valence-corrected chi connectivity index (χ3v) is 3.59. The number of halogens is 1. The Hall–Kier alpha value is -2.57. The van der Waals surface area contributed by atoms with Crippen molar-refractivity contribution in [3.05, 3.63) is 60.2 Å². The number of rotatable bonds is 6. The van der Waals surface area contributed by atoms with Crippen molar-refractivity contribution >= 4 is 35.7 Å². The van der Waals surface area contributed by atoms with E-state index in [0.717, 1.165) is 11.3 Å². The van der Waals surface area contributed by atoms with Gasteiger partial charge in [-0.2, -0.15) is 0 Å². The van der Waals surface area contributed by atoms with Gasteiger partial charge in [-0.15, -0.1) is 12.4 Å². The standard InChI is InChI=1S/C19H24N4O2.ClH/c1-13(20)12-18(24)21-14(2)15-8-10-17(11-9-15)23-19(25)22-16-6-4-3-5-7-16;/h3-11,13-14H,12,20H2,1-2H3,(H,21,24)(H2,22,23,25);1H. The molecular weight excluding hydrogens is 352 g/mol. The molecule has 2 atom stereocenters. The lowest BCUT2D eigenvalue weighted by Gasteiger charge is -2.16. The minimum absolute atomic E-state index is 0. The monoisotopic (exact) mass is 376 g/mol. The lowest BCUT2D eigenvalue weighted by atomic mass is 10.1. The summed E-state index contributed by atoms with van der Waals surface area (Å²) in [6.45, 7) is 3.70. The molecule has 0 aliphatic rings. The van der Waals surface area contributed by atoms with E-state index in [-0.39, 0.29) is 36.4 Å². The Labute approximate surface area is 160 Å². The highest BCUT2D eigenvalue weighted by Crippen LogP contribution is 2.16. The van der Waals surface area contributed by atoms with Gasteiger partial charge in [-0.3, -0.25) is 4.79 Å². The van der Waals surface area contributed by atoms with Gasteiger partial charge in [0.2, 0.25) is 5.91 Å². The molecule has 3 amide bonds. The quantitative estimate of drug-likeness (QED) is 0.619. The van der Waals surface area contributed by atoms with Crippen molar-refractivity contribution in [1.29, 1.82) is 0 Å². The van der Waals surface area contributed by atoms with Gasteiger partial charge in [0, 0.05) is 23.8 Å². The van der Waals surface area contributed by atoms with E-state index in [2.05, 4.69) is 16.0 Å². The fourth-order valence-electron chi connectivity index (χ4n) is 2.35. The summed E-state index contributed by atoms with van der Waals surface area (Å²) in [6, 6.07) is 16.0. The maximum absolute atomic E-state index is 12.0. The first-order valence-corrected chi connectivity index (χ1v) is 8.22. The van der Waals surface area contributed by atoms with E-state index in [4.69, 9.17) is 5.73 Å². The second-order valence-electron chi connectivity index (χ2n) is 6.04. The molecule has 0 spiro atoms. The number of urea groups is 1. The summed E-state index contributed by atoms with van der Waals surface area (Å²) in [6.07, 6.45) is 0.295. The summed E-state index contributed by atoms with van der Waals surface area (Å²) < 4.78 is 0. The second-order valence-corrected chi connectivity index (χ2v) is 6.04. The summed E-state index contributed by atoms with van der Waals surface area (Å²) >= 11 is 0. The summed E-state index contributed by atoms with van der Waals surface area (Å²) in [4.78, 5) is 23.7. The van der Waals surface area contributed by atoms with Gasteiger partial charge in [0.05, 0.1) is 6.04 Å². The van der Waals surface area contributed by atoms with Crippen LogP contribution in [0.5, 0.6) is 0 Å². The van der Waals surface area contributed by atoms with Gasteiger partial charge >= 0.3 is 6.03 Å². The Kier molecular flexibility index (Phi) is 8.61. The minimum atomic E-state index is -0.308. The number of anilines is 2. The third-order valence-electron chi connectivity index (χ3n) is 3.59. The van der Waals surface area contributed by atoms with Crippen molar-refractivity contribution in [3.63, 3.8) is 0 Å². The number of para-hydroxylation sites is 1. The number of carbonyl (C=O) groups is 2. The van der Waals surface area contributed by atoms with Crippen molar-refractivity contribution in [3.8, 4) is 0 Å². The fraction of sp³-hybridized carbons (Fsp3) is 0.263. The van der Waals surface area contributed by atoms with E-state index in [1.54, 1.807) is 19.1 Å². The van der Waals surface area contributed by atoms with Gasteiger partial charge in [-0.25, -0.2) is 4.79 Å². The molecule has 0 aliphatic heterocycles. The van der Waals surface area contributed by atoms with E-state index in [1.165, 1.54) is 0 Å². The van der Waals surface area contributed by atoms with E-state index in [1.807, 2.05) is 49.4 Å². The average molecular weight is 377 g/mol. The molecule has 0 saturated carbocycles. The number of nitrogens with one attached hydrogen (secondary N) is 3. The van der Waals surface area contributed by atoms with E-state index >= 15 is 0 Å². The zero-order valence-corrected chi connectivity index (χ0v) is 15.7. The first-order chi connectivity index (χ1) is 11.9. The number of hydrogen-bond acceptors (Lipinski definition) is 3. The van der Waals surface area contributed by atoms with Crippen LogP contribution in [0.1, 0.15) is 31.9 Å². The molecule has 0 aromatic heterocycles. The highest BCUT2D eigenvalue weighted by Gasteiger charge is 2.11. The molecule has 140 valence electrons. The Morgan fingerprint density at radius 3 is 2.00 bits per heavy atom. The molecular formula is C19H25ClN4O2. The van der Waals surface area contributed by atoms with Crippen molar-refractivity contribution in [2.24, 2.45) is 5.73 Å². The van der Waals surface area contributed by atoms with Crippen LogP contribution in [0.3, 0.4) is 0 Å². The molecule has 0 bridgehead atoms. The van der Waals surface area contributed by atoms with Crippen LogP contribution in [0.15, 0.2) is 54.6 Å². The highest BCUT2D eigenvalue weighted by atomic mass is 35.5. The van der Waals surface area contributed by atoms with Gasteiger partial charge in [-0.1, -0.05) is 30.3 Å². The van der Waals surface area contributed by atoms with Crippen LogP contribution in [0.25, 0.3) is 0 Å². The Morgan fingerprint density at radius 1 is 0.923 bits per heavy atom. The molecule has 2 unspecified atom stereocenters. The highest BCUT2D eigenvalue weighted by molar-refractivity contribution is 5.99. The number of benzene rings is 2. The molecule has 2 aromatic rings. The fourth-order valence-corrected chi connectivity index (χ4v) is 2.35. The molecule has 2 rings (SSSR count). The topological polar surface area (TPSA) is 96.2 Å². The van der Waals surface area contributed by atoms with E-state index < -0.39 is 0 Å². The predicted molar refractivity (Wildman–Crippen MR) is 108 cm³/mol. The van der Waals surface area contributed by atoms with Crippen LogP contribution in [0.4, 0.5) is 16.2 Å². The lowest BCUT2D eigenvalue weighted by molar-refractivity contribution is -0.122. The van der Waals surface area contributed by atoms with Crippen LogP contribution < -0.4 is 21.7 Å². The summed E-state index contributed by atoms with van der Waals surface area (Å²) in [5, 5.41) is 8.42. The molecule has 0 radical (unpaired) electrons. The Morgan fingerprint density at radius 2 is 1.46 bits per heavy atom. The number of hydrogen-bond donors (Lipinski definition) is 4. The van der Waals surface area contributed by atoms with Crippen molar-refractivity contribution < 1.29 is 9.59 Å². The summed E-state index contributed by atoms with van der Waals surface area (Å²) in [5.41, 5.74) is 7.97. The van der Waals surface area contributed by atoms with Crippen LogP contribution in [0, 0.1) is 0 Å². The maximum Gasteiger partial charge on any atom is 0.323 e. The predicted octanol–water partition coefficient (Wildman–Crippen LogP) is 3.67. The second kappa shape index (κ2) is 10.4. The molecule has 2 aromatic carbocycles. The van der Waals surface area contributed by atoms with E-state index in [9.17, 15) is 9.59 Å². The van der Waals surface area contributed by atoms with Gasteiger partial charge in [0.15, 0.2) is 0 Å². The molecule has 7 heteroatoms. The number of nitrogens with two attached hydrogens (primary N) is 1. The zero-order valence-electron chi connectivity index (χ0n) is 14.9. The molecule has 6 nitrogen and oxygen atoms in total. The zero-order chi connectivity index (χ0) is 18.2. The van der Waals surface area contributed by atoms with Crippen molar-refractivity contribution in [2.45, 2.75) is 32.4 Å².